The Balaban J connectivity index is 0.000000196. The van der Waals surface area contributed by atoms with E-state index in [9.17, 15) is 9.59 Å². The summed E-state index contributed by atoms with van der Waals surface area (Å²) in [6.45, 7) is 1.98. The number of hydrogen-bond donors (Lipinski definition) is 3. The lowest BCUT2D eigenvalue weighted by atomic mass is 10.1. The van der Waals surface area contributed by atoms with Crippen molar-refractivity contribution in [2.24, 2.45) is 5.73 Å². The molecule has 5 nitrogen and oxygen atoms in total. The zero-order chi connectivity index (χ0) is 25.2. The maximum Gasteiger partial charge on any atom is 0.255 e. The molecule has 178 valence electrons. The molecular formula is C28H27N3O2S2. The van der Waals surface area contributed by atoms with Gasteiger partial charge in [0.05, 0.1) is 11.4 Å². The third kappa shape index (κ3) is 7.60. The first-order valence-electron chi connectivity index (χ1n) is 10.8. The number of amides is 2. The molecule has 35 heavy (non-hydrogen) atoms. The number of nitrogens with two attached hydrogens (primary N) is 2. The third-order valence-corrected chi connectivity index (χ3v) is 6.47. The van der Waals surface area contributed by atoms with Crippen LogP contribution in [0.3, 0.4) is 0 Å². The van der Waals surface area contributed by atoms with Gasteiger partial charge in [0.25, 0.3) is 5.91 Å². The zero-order valence-electron chi connectivity index (χ0n) is 19.5. The largest absolute Gasteiger partial charge is 0.397 e. The first kappa shape index (κ1) is 25.8. The van der Waals surface area contributed by atoms with Crippen LogP contribution < -0.4 is 16.8 Å². The second-order valence-corrected chi connectivity index (χ2v) is 9.27. The zero-order valence-corrected chi connectivity index (χ0v) is 21.2. The summed E-state index contributed by atoms with van der Waals surface area (Å²) < 4.78 is 0. The highest BCUT2D eigenvalue weighted by molar-refractivity contribution is 7.98. The van der Waals surface area contributed by atoms with Crippen molar-refractivity contribution in [3.05, 3.63) is 112 Å². The number of carbonyl (C=O) groups excluding carboxylic acids is 2. The van der Waals surface area contributed by atoms with Gasteiger partial charge in [-0.1, -0.05) is 42.0 Å². The normalized spacial score (nSPS) is 10.7. The number of aryl methyl sites for hydroxylation is 1. The molecule has 4 rings (SSSR count). The second kappa shape index (κ2) is 12.6. The van der Waals surface area contributed by atoms with Crippen LogP contribution in [0.4, 0.5) is 11.4 Å². The lowest BCUT2D eigenvalue weighted by molar-refractivity contribution is -0.112. The molecule has 0 spiro atoms. The van der Waals surface area contributed by atoms with Crippen molar-refractivity contribution < 1.29 is 9.59 Å². The molecule has 0 saturated carbocycles. The molecule has 0 radical (unpaired) electrons. The van der Waals surface area contributed by atoms with Gasteiger partial charge >= 0.3 is 0 Å². The van der Waals surface area contributed by atoms with Crippen LogP contribution in [0.15, 0.2) is 94.5 Å². The summed E-state index contributed by atoms with van der Waals surface area (Å²) in [5.74, 6) is -0.551. The van der Waals surface area contributed by atoms with E-state index in [4.69, 9.17) is 11.5 Å². The minimum absolute atomic E-state index is 0.150. The molecule has 0 fully saturated rings. The minimum Gasteiger partial charge on any atom is -0.397 e. The number of benzene rings is 3. The van der Waals surface area contributed by atoms with Crippen LogP contribution in [0.2, 0.25) is 0 Å². The smallest absolute Gasteiger partial charge is 0.255 e. The van der Waals surface area contributed by atoms with Gasteiger partial charge in [-0.3, -0.25) is 9.59 Å². The monoisotopic (exact) mass is 501 g/mol. The predicted octanol–water partition coefficient (Wildman–Crippen LogP) is 6.33. The summed E-state index contributed by atoms with van der Waals surface area (Å²) in [6, 6.07) is 24.5. The lowest BCUT2D eigenvalue weighted by Crippen LogP contribution is -2.12. The Morgan fingerprint density at radius 1 is 0.914 bits per heavy atom. The molecule has 3 aromatic carbocycles. The SMILES string of the molecule is CSc1ccc(/C=C(/C(N)=O)c2ccsc2)cc1.Cc1ccc(C(=O)Nc2ccccc2N)cc1. The number of nitrogen functional groups attached to an aromatic ring is 1. The quantitative estimate of drug-likeness (QED) is 0.163. The number of rotatable bonds is 6. The Labute approximate surface area is 213 Å². The molecule has 0 saturated heterocycles. The fraction of sp³-hybridized carbons (Fsp3) is 0.0714. The van der Waals surface area contributed by atoms with Gasteiger partial charge in [-0.05, 0) is 83.6 Å². The Morgan fingerprint density at radius 2 is 1.60 bits per heavy atom. The van der Waals surface area contributed by atoms with E-state index >= 15 is 0 Å². The second-order valence-electron chi connectivity index (χ2n) is 7.61. The van der Waals surface area contributed by atoms with E-state index in [1.807, 2.05) is 84.6 Å². The molecule has 1 heterocycles. The lowest BCUT2D eigenvalue weighted by Gasteiger charge is -2.07. The van der Waals surface area contributed by atoms with Crippen LogP contribution in [0.5, 0.6) is 0 Å². The van der Waals surface area contributed by atoms with Gasteiger partial charge in [0.15, 0.2) is 0 Å². The van der Waals surface area contributed by atoms with E-state index in [0.717, 1.165) is 16.7 Å². The number of thiophene rings is 1. The van der Waals surface area contributed by atoms with Crippen molar-refractivity contribution in [2.45, 2.75) is 11.8 Å². The Hall–Kier alpha value is -3.81. The number of primary amides is 1. The molecule has 0 aliphatic heterocycles. The summed E-state index contributed by atoms with van der Waals surface area (Å²) in [5.41, 5.74) is 16.5. The van der Waals surface area contributed by atoms with Crippen molar-refractivity contribution in [1.29, 1.82) is 0 Å². The molecule has 2 amide bonds. The Bertz CT molecular complexity index is 1300. The average molecular weight is 502 g/mol. The van der Waals surface area contributed by atoms with E-state index in [2.05, 4.69) is 5.32 Å². The summed E-state index contributed by atoms with van der Waals surface area (Å²) in [6.07, 6.45) is 3.86. The number of nitrogens with one attached hydrogen (secondary N) is 1. The summed E-state index contributed by atoms with van der Waals surface area (Å²) in [7, 11) is 0. The number of carbonyl (C=O) groups is 2. The molecule has 4 aromatic rings. The maximum atomic E-state index is 11.9. The molecular weight excluding hydrogens is 474 g/mol. The van der Waals surface area contributed by atoms with Gasteiger partial charge in [0.2, 0.25) is 5.91 Å². The summed E-state index contributed by atoms with van der Waals surface area (Å²) in [5, 5.41) is 6.64. The molecule has 7 heteroatoms. The van der Waals surface area contributed by atoms with Crippen molar-refractivity contribution in [3.63, 3.8) is 0 Å². The molecule has 0 aliphatic rings. The van der Waals surface area contributed by atoms with Crippen molar-refractivity contribution in [2.75, 3.05) is 17.3 Å². The van der Waals surface area contributed by atoms with E-state index in [-0.39, 0.29) is 5.91 Å². The number of thioether (sulfide) groups is 1. The van der Waals surface area contributed by atoms with Crippen LogP contribution in [0.25, 0.3) is 11.6 Å². The van der Waals surface area contributed by atoms with Gasteiger partial charge < -0.3 is 16.8 Å². The number of hydrogen-bond acceptors (Lipinski definition) is 5. The topological polar surface area (TPSA) is 98.2 Å². The van der Waals surface area contributed by atoms with Crippen LogP contribution >= 0.6 is 23.1 Å². The van der Waals surface area contributed by atoms with Crippen LogP contribution in [0, 0.1) is 6.92 Å². The summed E-state index contributed by atoms with van der Waals surface area (Å²) >= 11 is 3.24. The Kier molecular flexibility index (Phi) is 9.29. The maximum absolute atomic E-state index is 11.9. The molecule has 5 N–H and O–H groups in total. The fourth-order valence-electron chi connectivity index (χ4n) is 3.09. The van der Waals surface area contributed by atoms with E-state index in [1.165, 1.54) is 4.90 Å². The Morgan fingerprint density at radius 3 is 2.17 bits per heavy atom. The molecule has 0 bridgehead atoms. The van der Waals surface area contributed by atoms with Gasteiger partial charge in [-0.25, -0.2) is 0 Å². The molecule has 0 atom stereocenters. The summed E-state index contributed by atoms with van der Waals surface area (Å²) in [4.78, 5) is 24.6. The first-order chi connectivity index (χ1) is 16.9. The minimum atomic E-state index is -0.401. The van der Waals surface area contributed by atoms with Crippen molar-refractivity contribution >= 4 is 57.9 Å². The highest BCUT2D eigenvalue weighted by Gasteiger charge is 2.09. The van der Waals surface area contributed by atoms with Crippen LogP contribution in [0.1, 0.15) is 27.0 Å². The van der Waals surface area contributed by atoms with E-state index in [0.29, 0.717) is 22.5 Å². The van der Waals surface area contributed by atoms with Crippen LogP contribution in [-0.4, -0.2) is 18.1 Å². The highest BCUT2D eigenvalue weighted by atomic mass is 32.2. The third-order valence-electron chi connectivity index (χ3n) is 5.05. The van der Waals surface area contributed by atoms with Crippen molar-refractivity contribution in [3.8, 4) is 0 Å². The molecule has 0 aliphatic carbocycles. The molecule has 0 unspecified atom stereocenters. The number of anilines is 2. The van der Waals surface area contributed by atoms with Crippen molar-refractivity contribution in [1.82, 2.24) is 0 Å². The first-order valence-corrected chi connectivity index (χ1v) is 12.9. The fourth-order valence-corrected chi connectivity index (χ4v) is 4.16. The highest BCUT2D eigenvalue weighted by Crippen LogP contribution is 2.22. The van der Waals surface area contributed by atoms with Gasteiger partial charge in [0.1, 0.15) is 0 Å². The van der Waals surface area contributed by atoms with E-state index < -0.39 is 5.91 Å². The van der Waals surface area contributed by atoms with Gasteiger partial charge in [0, 0.05) is 16.0 Å². The van der Waals surface area contributed by atoms with Gasteiger partial charge in [-0.2, -0.15) is 11.3 Å². The van der Waals surface area contributed by atoms with Gasteiger partial charge in [-0.15, -0.1) is 11.8 Å². The van der Waals surface area contributed by atoms with E-state index in [1.54, 1.807) is 47.4 Å². The standard InChI is InChI=1S/C14H14N2O.C14H13NOS2/c1-10-6-8-11(9-7-10)14(17)16-13-5-3-2-4-12(13)15;1-17-12-4-2-10(3-5-12)8-13(14(15)16)11-6-7-18-9-11/h2-9H,15H2,1H3,(H,16,17);2-9H,1H3,(H2,15,16)/b;13-8+. The number of para-hydroxylation sites is 2. The van der Waals surface area contributed by atoms with Crippen LogP contribution in [-0.2, 0) is 4.79 Å². The average Bonchev–Trinajstić information content (AvgIpc) is 3.39. The molecule has 1 aromatic heterocycles. The predicted molar refractivity (Wildman–Crippen MR) is 150 cm³/mol.